The maximum absolute atomic E-state index is 10.5. The van der Waals surface area contributed by atoms with E-state index in [1.807, 2.05) is 30.3 Å². The number of nitrogen functional groups attached to an aromatic ring is 1. The van der Waals surface area contributed by atoms with Crippen LogP contribution in [-0.4, -0.2) is 52.4 Å². The Morgan fingerprint density at radius 1 is 1.19 bits per heavy atom. The number of anilines is 1. The van der Waals surface area contributed by atoms with Crippen molar-refractivity contribution < 1.29 is 14.9 Å². The van der Waals surface area contributed by atoms with Crippen molar-refractivity contribution in [2.24, 2.45) is 0 Å². The lowest BCUT2D eigenvalue weighted by Crippen LogP contribution is -2.44. The third-order valence-corrected chi connectivity index (χ3v) is 4.26. The summed E-state index contributed by atoms with van der Waals surface area (Å²) in [4.78, 5) is 6.09. The first-order chi connectivity index (χ1) is 12.6. The van der Waals surface area contributed by atoms with Gasteiger partial charge in [0.1, 0.15) is 5.82 Å². The van der Waals surface area contributed by atoms with Crippen LogP contribution in [0.15, 0.2) is 48.7 Å². The van der Waals surface area contributed by atoms with Crippen molar-refractivity contribution in [3.63, 3.8) is 0 Å². The molecule has 0 radical (unpaired) electrons. The van der Waals surface area contributed by atoms with Crippen LogP contribution in [-0.2, 0) is 11.3 Å². The second kappa shape index (κ2) is 10.9. The number of hydrogen-bond acceptors (Lipinski definition) is 6. The van der Waals surface area contributed by atoms with Gasteiger partial charge in [0.15, 0.2) is 0 Å². The van der Waals surface area contributed by atoms with Gasteiger partial charge in [-0.2, -0.15) is 0 Å². The second-order valence-electron chi connectivity index (χ2n) is 6.36. The van der Waals surface area contributed by atoms with Crippen LogP contribution >= 0.6 is 0 Å². The summed E-state index contributed by atoms with van der Waals surface area (Å²) in [7, 11) is 0. The van der Waals surface area contributed by atoms with Crippen molar-refractivity contribution in [2.75, 3.05) is 32.0 Å². The molecule has 0 aliphatic rings. The third kappa shape index (κ3) is 6.38. The first-order valence-corrected chi connectivity index (χ1v) is 9.00. The van der Waals surface area contributed by atoms with Gasteiger partial charge in [-0.3, -0.25) is 4.90 Å². The molecule has 0 saturated heterocycles. The van der Waals surface area contributed by atoms with Crippen LogP contribution in [0, 0.1) is 0 Å². The summed E-state index contributed by atoms with van der Waals surface area (Å²) in [5, 5.41) is 20.3. The van der Waals surface area contributed by atoms with Crippen molar-refractivity contribution in [1.82, 2.24) is 9.88 Å². The Labute approximate surface area is 155 Å². The zero-order valence-electron chi connectivity index (χ0n) is 15.3. The average Bonchev–Trinajstić information content (AvgIpc) is 2.66. The molecule has 142 valence electrons. The van der Waals surface area contributed by atoms with E-state index in [2.05, 4.69) is 16.8 Å². The molecular weight excluding hydrogens is 330 g/mol. The van der Waals surface area contributed by atoms with Crippen molar-refractivity contribution in [3.05, 3.63) is 59.8 Å². The lowest BCUT2D eigenvalue weighted by molar-refractivity contribution is 0.00376. The van der Waals surface area contributed by atoms with Crippen LogP contribution in [0.4, 0.5) is 5.82 Å². The zero-order chi connectivity index (χ0) is 18.8. The van der Waals surface area contributed by atoms with Gasteiger partial charge >= 0.3 is 0 Å². The third-order valence-electron chi connectivity index (χ3n) is 4.26. The number of ether oxygens (including phenoxy) is 1. The van der Waals surface area contributed by atoms with Gasteiger partial charge in [0.2, 0.25) is 0 Å². The quantitative estimate of drug-likeness (QED) is 0.568. The Bertz CT molecular complexity index is 622. The molecule has 1 aromatic heterocycles. The molecule has 2 atom stereocenters. The Hall–Kier alpha value is -1.99. The van der Waals surface area contributed by atoms with Gasteiger partial charge in [0.05, 0.1) is 32.0 Å². The van der Waals surface area contributed by atoms with Crippen LogP contribution in [0.25, 0.3) is 0 Å². The predicted molar refractivity (Wildman–Crippen MR) is 102 cm³/mol. The molecular formula is C20H29N3O3. The summed E-state index contributed by atoms with van der Waals surface area (Å²) in [5.41, 5.74) is 7.40. The molecule has 6 heteroatoms. The fourth-order valence-corrected chi connectivity index (χ4v) is 2.81. The topological polar surface area (TPSA) is 91.8 Å². The number of aromatic nitrogens is 1. The Morgan fingerprint density at radius 3 is 2.58 bits per heavy atom. The number of pyridine rings is 1. The minimum Gasteiger partial charge on any atom is -0.395 e. The van der Waals surface area contributed by atoms with Crippen LogP contribution in [0.2, 0.25) is 0 Å². The van der Waals surface area contributed by atoms with E-state index in [-0.39, 0.29) is 12.6 Å². The summed E-state index contributed by atoms with van der Waals surface area (Å²) >= 11 is 0. The van der Waals surface area contributed by atoms with E-state index in [9.17, 15) is 10.2 Å². The van der Waals surface area contributed by atoms with E-state index < -0.39 is 6.10 Å². The summed E-state index contributed by atoms with van der Waals surface area (Å²) in [6.45, 7) is 4.11. The van der Waals surface area contributed by atoms with Crippen molar-refractivity contribution >= 4 is 5.82 Å². The van der Waals surface area contributed by atoms with Crippen LogP contribution < -0.4 is 5.73 Å². The fraction of sp³-hybridized carbons (Fsp3) is 0.450. The van der Waals surface area contributed by atoms with Crippen LogP contribution in [0.5, 0.6) is 0 Å². The number of nitrogens with two attached hydrogens (primary N) is 1. The van der Waals surface area contributed by atoms with Crippen LogP contribution in [0.3, 0.4) is 0 Å². The predicted octanol–water partition coefficient (Wildman–Crippen LogP) is 1.99. The lowest BCUT2D eigenvalue weighted by atomic mass is 10.1. The molecule has 0 amide bonds. The number of aliphatic hydroxyl groups is 2. The first-order valence-electron chi connectivity index (χ1n) is 9.00. The number of benzene rings is 1. The van der Waals surface area contributed by atoms with E-state index >= 15 is 0 Å². The van der Waals surface area contributed by atoms with Gasteiger partial charge in [-0.1, -0.05) is 43.3 Å². The van der Waals surface area contributed by atoms with Gasteiger partial charge in [0, 0.05) is 18.3 Å². The monoisotopic (exact) mass is 359 g/mol. The summed E-state index contributed by atoms with van der Waals surface area (Å²) in [6, 6.07) is 13.2. The van der Waals surface area contributed by atoms with Crippen LogP contribution in [0.1, 0.15) is 30.6 Å². The standard InChI is InChI=1S/C20H29N3O3/c1-2-10-23(12-19(25)17-8-9-20(21)22-11-17)18(13-24)15-26-14-16-6-4-3-5-7-16/h3-9,11,18-19,24-25H,2,10,12-15H2,1H3,(H2,21,22)/t18-,19-/m1/s1. The number of aliphatic hydroxyl groups excluding tert-OH is 2. The maximum Gasteiger partial charge on any atom is 0.123 e. The number of rotatable bonds is 11. The minimum atomic E-state index is -0.696. The summed E-state index contributed by atoms with van der Waals surface area (Å²) in [5.74, 6) is 0.425. The summed E-state index contributed by atoms with van der Waals surface area (Å²) in [6.07, 6.45) is 1.81. The van der Waals surface area contributed by atoms with Gasteiger partial charge in [-0.05, 0) is 24.6 Å². The molecule has 4 N–H and O–H groups in total. The minimum absolute atomic E-state index is 0.0263. The molecule has 1 heterocycles. The molecule has 6 nitrogen and oxygen atoms in total. The van der Waals surface area contributed by atoms with Gasteiger partial charge in [0.25, 0.3) is 0 Å². The molecule has 2 aromatic rings. The summed E-state index contributed by atoms with van der Waals surface area (Å²) < 4.78 is 5.79. The fourth-order valence-electron chi connectivity index (χ4n) is 2.81. The Balaban J connectivity index is 1.92. The molecule has 0 spiro atoms. The highest BCUT2D eigenvalue weighted by Crippen LogP contribution is 2.16. The molecule has 0 unspecified atom stereocenters. The van der Waals surface area contributed by atoms with E-state index in [0.717, 1.165) is 18.5 Å². The second-order valence-corrected chi connectivity index (χ2v) is 6.36. The molecule has 1 aromatic carbocycles. The maximum atomic E-state index is 10.5. The van der Waals surface area contributed by atoms with Gasteiger partial charge in [-0.25, -0.2) is 4.98 Å². The Kier molecular flexibility index (Phi) is 8.50. The molecule has 26 heavy (non-hydrogen) atoms. The first kappa shape index (κ1) is 20.3. The van der Waals surface area contributed by atoms with Crippen molar-refractivity contribution in [2.45, 2.75) is 32.1 Å². The molecule has 0 aliphatic heterocycles. The molecule has 0 fully saturated rings. The van der Waals surface area contributed by atoms with E-state index in [0.29, 0.717) is 31.1 Å². The number of nitrogens with zero attached hydrogens (tertiary/aromatic N) is 2. The van der Waals surface area contributed by atoms with E-state index in [1.54, 1.807) is 18.3 Å². The van der Waals surface area contributed by atoms with Gasteiger partial charge < -0.3 is 20.7 Å². The smallest absolute Gasteiger partial charge is 0.123 e. The van der Waals surface area contributed by atoms with Crippen molar-refractivity contribution in [3.8, 4) is 0 Å². The SMILES string of the molecule is CCCN(C[C@@H](O)c1ccc(N)nc1)[C@H](CO)COCc1ccccc1. The Morgan fingerprint density at radius 2 is 1.96 bits per heavy atom. The molecule has 0 bridgehead atoms. The normalized spacial score (nSPS) is 13.7. The average molecular weight is 359 g/mol. The molecule has 0 aliphatic carbocycles. The van der Waals surface area contributed by atoms with E-state index in [4.69, 9.17) is 10.5 Å². The zero-order valence-corrected chi connectivity index (χ0v) is 15.3. The highest BCUT2D eigenvalue weighted by Gasteiger charge is 2.21. The number of hydrogen-bond donors (Lipinski definition) is 3. The molecule has 0 saturated carbocycles. The van der Waals surface area contributed by atoms with Crippen molar-refractivity contribution in [1.29, 1.82) is 0 Å². The highest BCUT2D eigenvalue weighted by atomic mass is 16.5. The highest BCUT2D eigenvalue weighted by molar-refractivity contribution is 5.30. The largest absolute Gasteiger partial charge is 0.395 e. The van der Waals surface area contributed by atoms with Gasteiger partial charge in [-0.15, -0.1) is 0 Å². The molecule has 2 rings (SSSR count). The van der Waals surface area contributed by atoms with E-state index in [1.165, 1.54) is 0 Å². The lowest BCUT2D eigenvalue weighted by Gasteiger charge is -2.31.